The van der Waals surface area contributed by atoms with Gasteiger partial charge in [-0.25, -0.2) is 9.97 Å². The quantitative estimate of drug-likeness (QED) is 0.428. The van der Waals surface area contributed by atoms with Crippen LogP contribution < -0.4 is 4.74 Å². The number of ether oxygens (including phenoxy) is 2. The van der Waals surface area contributed by atoms with Gasteiger partial charge < -0.3 is 14.6 Å². The zero-order valence-electron chi connectivity index (χ0n) is 17.3. The maximum atomic E-state index is 10.5. The van der Waals surface area contributed by atoms with Gasteiger partial charge in [0.1, 0.15) is 5.75 Å². The van der Waals surface area contributed by atoms with Gasteiger partial charge in [0.25, 0.3) is 0 Å². The van der Waals surface area contributed by atoms with E-state index in [9.17, 15) is 4.79 Å². The predicted octanol–water partition coefficient (Wildman–Crippen LogP) is 4.92. The Bertz CT molecular complexity index is 702. The summed E-state index contributed by atoms with van der Waals surface area (Å²) in [4.78, 5) is 19.4. The number of nitrogens with zero attached hydrogens (tertiary/aromatic N) is 2. The van der Waals surface area contributed by atoms with Crippen LogP contribution in [-0.4, -0.2) is 40.9 Å². The van der Waals surface area contributed by atoms with Crippen molar-refractivity contribution < 1.29 is 19.4 Å². The molecule has 0 aliphatic carbocycles. The number of carbonyl (C=O) groups is 1. The van der Waals surface area contributed by atoms with E-state index in [1.807, 2.05) is 36.7 Å². The molecule has 6 heteroatoms. The molecule has 1 aromatic heterocycles. The van der Waals surface area contributed by atoms with Crippen molar-refractivity contribution in [3.63, 3.8) is 0 Å². The molecule has 0 amide bonds. The lowest BCUT2D eigenvalue weighted by atomic mass is 10.1. The van der Waals surface area contributed by atoms with Crippen molar-refractivity contribution in [3.05, 3.63) is 42.2 Å². The summed E-state index contributed by atoms with van der Waals surface area (Å²) >= 11 is 0. The van der Waals surface area contributed by atoms with Crippen LogP contribution in [0, 0.1) is 0 Å². The normalized spacial score (nSPS) is 10.8. The second-order valence-corrected chi connectivity index (χ2v) is 7.06. The van der Waals surface area contributed by atoms with E-state index in [4.69, 9.17) is 14.6 Å². The lowest BCUT2D eigenvalue weighted by Crippen LogP contribution is -2.01. The summed E-state index contributed by atoms with van der Waals surface area (Å²) in [5.74, 6) is 0.812. The number of aromatic nitrogens is 2. The van der Waals surface area contributed by atoms with Gasteiger partial charge in [-0.3, -0.25) is 4.79 Å². The van der Waals surface area contributed by atoms with Gasteiger partial charge in [-0.2, -0.15) is 0 Å². The van der Waals surface area contributed by atoms with Gasteiger partial charge in [0.05, 0.1) is 6.61 Å². The van der Waals surface area contributed by atoms with Crippen molar-refractivity contribution in [1.82, 2.24) is 9.97 Å². The number of rotatable bonds is 15. The molecule has 0 bridgehead atoms. The van der Waals surface area contributed by atoms with Crippen molar-refractivity contribution >= 4 is 5.97 Å². The van der Waals surface area contributed by atoms with Crippen LogP contribution in [-0.2, 0) is 16.0 Å². The fourth-order valence-electron chi connectivity index (χ4n) is 2.86. The molecule has 158 valence electrons. The molecule has 0 radical (unpaired) electrons. The molecule has 29 heavy (non-hydrogen) atoms. The molecule has 1 N–H and O–H groups in total. The van der Waals surface area contributed by atoms with E-state index in [-0.39, 0.29) is 6.42 Å². The fourth-order valence-corrected chi connectivity index (χ4v) is 2.86. The largest absolute Gasteiger partial charge is 0.494 e. The van der Waals surface area contributed by atoms with Gasteiger partial charge in [-0.15, -0.1) is 0 Å². The van der Waals surface area contributed by atoms with Crippen molar-refractivity contribution in [3.8, 4) is 17.1 Å². The molecule has 0 spiro atoms. The third-order valence-electron chi connectivity index (χ3n) is 4.47. The number of aliphatic carboxylic acids is 1. The lowest BCUT2D eigenvalue weighted by molar-refractivity contribution is -0.137. The highest BCUT2D eigenvalue weighted by Crippen LogP contribution is 2.20. The molecular formula is C23H32N2O4. The Balaban J connectivity index is 1.70. The summed E-state index contributed by atoms with van der Waals surface area (Å²) in [6.45, 7) is 4.43. The SMILES string of the molecule is CCCOCCCCOc1ccc(-c2ncc(CCCCCC(=O)O)cn2)cc1. The number of aryl methyl sites for hydroxylation is 1. The highest BCUT2D eigenvalue weighted by Gasteiger charge is 2.03. The van der Waals surface area contributed by atoms with Gasteiger partial charge >= 0.3 is 5.97 Å². The first-order valence-corrected chi connectivity index (χ1v) is 10.5. The van der Waals surface area contributed by atoms with E-state index >= 15 is 0 Å². The van der Waals surface area contributed by atoms with Crippen LogP contribution in [0.1, 0.15) is 57.4 Å². The summed E-state index contributed by atoms with van der Waals surface area (Å²) in [5, 5.41) is 8.64. The average molecular weight is 401 g/mol. The van der Waals surface area contributed by atoms with Crippen LogP contribution in [0.5, 0.6) is 5.75 Å². The number of hydrogen-bond donors (Lipinski definition) is 1. The number of carboxylic acid groups (broad SMARTS) is 1. The summed E-state index contributed by atoms with van der Waals surface area (Å²) < 4.78 is 11.2. The molecule has 2 aromatic rings. The van der Waals surface area contributed by atoms with Crippen molar-refractivity contribution in [1.29, 1.82) is 0 Å². The molecule has 0 fully saturated rings. The van der Waals surface area contributed by atoms with Crippen LogP contribution in [0.15, 0.2) is 36.7 Å². The minimum Gasteiger partial charge on any atom is -0.494 e. The minimum atomic E-state index is -0.730. The highest BCUT2D eigenvalue weighted by atomic mass is 16.5. The molecule has 0 saturated carbocycles. The van der Waals surface area contributed by atoms with E-state index < -0.39 is 5.97 Å². The standard InChI is InChI=1S/C23H32N2O4/c1-2-14-28-15-6-7-16-29-21-12-10-20(11-13-21)23-24-17-19(18-25-23)8-4-3-5-9-22(26)27/h10-13,17-18H,2-9,14-16H2,1H3,(H,26,27). The zero-order chi connectivity index (χ0) is 20.7. The van der Waals surface area contributed by atoms with Gasteiger partial charge in [0.15, 0.2) is 5.82 Å². The predicted molar refractivity (Wildman–Crippen MR) is 113 cm³/mol. The third-order valence-corrected chi connectivity index (χ3v) is 4.47. The van der Waals surface area contributed by atoms with E-state index in [0.717, 1.165) is 75.0 Å². The van der Waals surface area contributed by atoms with Gasteiger partial charge in [-0.1, -0.05) is 13.3 Å². The summed E-state index contributed by atoms with van der Waals surface area (Å²) in [7, 11) is 0. The lowest BCUT2D eigenvalue weighted by Gasteiger charge is -2.08. The first kappa shape index (κ1) is 22.8. The topological polar surface area (TPSA) is 81.5 Å². The molecule has 0 aliphatic rings. The molecular weight excluding hydrogens is 368 g/mol. The molecule has 6 nitrogen and oxygen atoms in total. The first-order valence-electron chi connectivity index (χ1n) is 10.5. The third kappa shape index (κ3) is 9.52. The van der Waals surface area contributed by atoms with E-state index in [1.54, 1.807) is 0 Å². The van der Waals surface area contributed by atoms with Crippen LogP contribution in [0.3, 0.4) is 0 Å². The van der Waals surface area contributed by atoms with Crippen LogP contribution in [0.4, 0.5) is 0 Å². The Morgan fingerprint density at radius 2 is 1.66 bits per heavy atom. The van der Waals surface area contributed by atoms with Gasteiger partial charge in [0.2, 0.25) is 0 Å². The first-order chi connectivity index (χ1) is 14.2. The van der Waals surface area contributed by atoms with Gasteiger partial charge in [-0.05, 0) is 68.4 Å². The second-order valence-electron chi connectivity index (χ2n) is 7.06. The Labute approximate surface area is 173 Å². The molecule has 1 aromatic carbocycles. The Hall–Kier alpha value is -2.47. The zero-order valence-corrected chi connectivity index (χ0v) is 17.3. The van der Waals surface area contributed by atoms with Crippen molar-refractivity contribution in [2.24, 2.45) is 0 Å². The van der Waals surface area contributed by atoms with Crippen molar-refractivity contribution in [2.45, 2.75) is 58.3 Å². The van der Waals surface area contributed by atoms with Gasteiger partial charge in [0, 0.05) is 37.6 Å². The number of unbranched alkanes of at least 4 members (excludes halogenated alkanes) is 3. The minimum absolute atomic E-state index is 0.239. The second kappa shape index (κ2) is 13.7. The molecule has 2 rings (SSSR count). The number of carboxylic acids is 1. The van der Waals surface area contributed by atoms with E-state index in [2.05, 4.69) is 16.9 Å². The van der Waals surface area contributed by atoms with Crippen LogP contribution >= 0.6 is 0 Å². The number of benzene rings is 1. The van der Waals surface area contributed by atoms with E-state index in [1.165, 1.54) is 0 Å². The molecule has 0 saturated heterocycles. The molecule has 0 unspecified atom stereocenters. The molecule has 0 atom stereocenters. The summed E-state index contributed by atoms with van der Waals surface area (Å²) in [6, 6.07) is 7.84. The Morgan fingerprint density at radius 3 is 2.34 bits per heavy atom. The summed E-state index contributed by atoms with van der Waals surface area (Å²) in [6.07, 6.45) is 10.4. The Kier molecular flexibility index (Phi) is 10.7. The smallest absolute Gasteiger partial charge is 0.303 e. The van der Waals surface area contributed by atoms with Crippen molar-refractivity contribution in [2.75, 3.05) is 19.8 Å². The molecule has 0 aliphatic heterocycles. The fraction of sp³-hybridized carbons (Fsp3) is 0.522. The summed E-state index contributed by atoms with van der Waals surface area (Å²) in [5.41, 5.74) is 2.03. The molecule has 1 heterocycles. The van der Waals surface area contributed by atoms with Crippen LogP contribution in [0.2, 0.25) is 0 Å². The monoisotopic (exact) mass is 400 g/mol. The maximum absolute atomic E-state index is 10.5. The highest BCUT2D eigenvalue weighted by molar-refractivity contribution is 5.66. The maximum Gasteiger partial charge on any atom is 0.303 e. The van der Waals surface area contributed by atoms with Crippen LogP contribution in [0.25, 0.3) is 11.4 Å². The Morgan fingerprint density at radius 1 is 0.931 bits per heavy atom. The average Bonchev–Trinajstić information content (AvgIpc) is 2.74. The number of hydrogen-bond acceptors (Lipinski definition) is 5. The van der Waals surface area contributed by atoms with E-state index in [0.29, 0.717) is 12.4 Å².